The molecule has 0 aliphatic heterocycles. The summed E-state index contributed by atoms with van der Waals surface area (Å²) >= 11 is 0. The van der Waals surface area contributed by atoms with Gasteiger partial charge < -0.3 is 5.32 Å². The molecule has 0 spiro atoms. The number of amides is 1. The van der Waals surface area contributed by atoms with E-state index in [1.807, 2.05) is 24.4 Å². The molecule has 0 saturated carbocycles. The predicted molar refractivity (Wildman–Crippen MR) is 76.7 cm³/mol. The van der Waals surface area contributed by atoms with Gasteiger partial charge in [0.2, 0.25) is 5.91 Å². The Kier molecular flexibility index (Phi) is 5.60. The Morgan fingerprint density at radius 2 is 2.26 bits per heavy atom. The van der Waals surface area contributed by atoms with Crippen molar-refractivity contribution in [3.8, 4) is 0 Å². The van der Waals surface area contributed by atoms with Crippen LogP contribution in [0.5, 0.6) is 0 Å². The maximum Gasteiger partial charge on any atom is 0.223 e. The first-order valence-electron chi connectivity index (χ1n) is 7.19. The third-order valence-electron chi connectivity index (χ3n) is 3.52. The van der Waals surface area contributed by atoms with Gasteiger partial charge in [0, 0.05) is 24.4 Å². The normalized spacial score (nSPS) is 18.2. The average molecular weight is 258 g/mol. The standard InChI is InChI=1S/C16H22N2O/c19-16(14-8-2-1-3-9-14)18-13-7-5-11-15-10-4-6-12-17-15/h1-2,4,6,10,12,14H,3,5,7-9,11,13H2,(H,18,19)/t14-/m1/s1. The Bertz CT molecular complexity index is 414. The zero-order valence-corrected chi connectivity index (χ0v) is 11.3. The van der Waals surface area contributed by atoms with Crippen LogP contribution in [0, 0.1) is 5.92 Å². The molecule has 1 heterocycles. The lowest BCUT2D eigenvalue weighted by Crippen LogP contribution is -2.31. The van der Waals surface area contributed by atoms with E-state index in [0.717, 1.165) is 50.8 Å². The Morgan fingerprint density at radius 1 is 1.32 bits per heavy atom. The molecule has 1 amide bonds. The molecular formula is C16H22N2O. The van der Waals surface area contributed by atoms with Crippen molar-refractivity contribution in [3.63, 3.8) is 0 Å². The second-order valence-corrected chi connectivity index (χ2v) is 5.05. The predicted octanol–water partition coefficient (Wildman–Crippen LogP) is 2.88. The van der Waals surface area contributed by atoms with Gasteiger partial charge in [-0.15, -0.1) is 0 Å². The van der Waals surface area contributed by atoms with Gasteiger partial charge in [-0.05, 0) is 50.7 Å². The van der Waals surface area contributed by atoms with Gasteiger partial charge in [0.25, 0.3) is 0 Å². The molecule has 1 N–H and O–H groups in total. The number of carbonyl (C=O) groups excluding carboxylic acids is 1. The minimum Gasteiger partial charge on any atom is -0.356 e. The van der Waals surface area contributed by atoms with Crippen molar-refractivity contribution in [3.05, 3.63) is 42.2 Å². The number of nitrogens with zero attached hydrogens (tertiary/aromatic N) is 1. The lowest BCUT2D eigenvalue weighted by molar-refractivity contribution is -0.125. The lowest BCUT2D eigenvalue weighted by Gasteiger charge is -2.17. The third kappa shape index (κ3) is 4.86. The van der Waals surface area contributed by atoms with Gasteiger partial charge in [0.1, 0.15) is 0 Å². The van der Waals surface area contributed by atoms with Gasteiger partial charge in [-0.2, -0.15) is 0 Å². The topological polar surface area (TPSA) is 42.0 Å². The van der Waals surface area contributed by atoms with Crippen molar-refractivity contribution in [2.75, 3.05) is 6.54 Å². The number of carbonyl (C=O) groups is 1. The summed E-state index contributed by atoms with van der Waals surface area (Å²) in [6, 6.07) is 6.00. The van der Waals surface area contributed by atoms with Crippen LogP contribution in [-0.2, 0) is 11.2 Å². The summed E-state index contributed by atoms with van der Waals surface area (Å²) in [5.74, 6) is 0.419. The van der Waals surface area contributed by atoms with Crippen LogP contribution >= 0.6 is 0 Å². The van der Waals surface area contributed by atoms with Crippen molar-refractivity contribution in [2.45, 2.75) is 38.5 Å². The van der Waals surface area contributed by atoms with Crippen molar-refractivity contribution in [1.29, 1.82) is 0 Å². The lowest BCUT2D eigenvalue weighted by atomic mass is 9.94. The Labute approximate surface area is 115 Å². The van der Waals surface area contributed by atoms with E-state index in [2.05, 4.69) is 22.5 Å². The van der Waals surface area contributed by atoms with E-state index in [-0.39, 0.29) is 11.8 Å². The molecule has 1 aliphatic rings. The van der Waals surface area contributed by atoms with E-state index < -0.39 is 0 Å². The summed E-state index contributed by atoms with van der Waals surface area (Å²) in [5, 5.41) is 3.05. The van der Waals surface area contributed by atoms with E-state index >= 15 is 0 Å². The maximum absolute atomic E-state index is 11.9. The summed E-state index contributed by atoms with van der Waals surface area (Å²) in [5.41, 5.74) is 1.13. The van der Waals surface area contributed by atoms with Crippen LogP contribution < -0.4 is 5.32 Å². The number of pyridine rings is 1. The van der Waals surface area contributed by atoms with E-state index in [9.17, 15) is 4.79 Å². The monoisotopic (exact) mass is 258 g/mol. The smallest absolute Gasteiger partial charge is 0.223 e. The Balaban J connectivity index is 1.56. The molecule has 0 aromatic carbocycles. The molecule has 1 atom stereocenters. The number of allylic oxidation sites excluding steroid dienone is 2. The van der Waals surface area contributed by atoms with Gasteiger partial charge in [-0.3, -0.25) is 9.78 Å². The zero-order valence-electron chi connectivity index (χ0n) is 11.3. The molecule has 1 aromatic rings. The molecule has 2 rings (SSSR count). The molecule has 0 bridgehead atoms. The summed E-state index contributed by atoms with van der Waals surface area (Å²) in [6.45, 7) is 0.784. The fourth-order valence-corrected chi connectivity index (χ4v) is 2.36. The molecule has 0 radical (unpaired) electrons. The summed E-state index contributed by atoms with van der Waals surface area (Å²) < 4.78 is 0. The van der Waals surface area contributed by atoms with Crippen LogP contribution in [0.1, 0.15) is 37.8 Å². The highest BCUT2D eigenvalue weighted by atomic mass is 16.1. The van der Waals surface area contributed by atoms with Crippen LogP contribution in [0.4, 0.5) is 0 Å². The van der Waals surface area contributed by atoms with Gasteiger partial charge in [-0.25, -0.2) is 0 Å². The molecule has 19 heavy (non-hydrogen) atoms. The summed E-state index contributed by atoms with van der Waals surface area (Å²) in [4.78, 5) is 16.2. The van der Waals surface area contributed by atoms with E-state index in [0.29, 0.717) is 0 Å². The van der Waals surface area contributed by atoms with Crippen molar-refractivity contribution >= 4 is 5.91 Å². The van der Waals surface area contributed by atoms with E-state index in [1.54, 1.807) is 0 Å². The molecule has 1 aliphatic carbocycles. The highest BCUT2D eigenvalue weighted by Gasteiger charge is 2.17. The Morgan fingerprint density at radius 3 is 3.00 bits per heavy atom. The van der Waals surface area contributed by atoms with Gasteiger partial charge in [0.15, 0.2) is 0 Å². The number of unbranched alkanes of at least 4 members (excludes halogenated alkanes) is 1. The summed E-state index contributed by atoms with van der Waals surface area (Å²) in [7, 11) is 0. The molecule has 3 heteroatoms. The first-order valence-corrected chi connectivity index (χ1v) is 7.19. The molecule has 1 aromatic heterocycles. The molecule has 0 fully saturated rings. The molecule has 0 unspecified atom stereocenters. The fourth-order valence-electron chi connectivity index (χ4n) is 2.36. The molecular weight excluding hydrogens is 236 g/mol. The van der Waals surface area contributed by atoms with Crippen LogP contribution in [-0.4, -0.2) is 17.4 Å². The number of nitrogens with one attached hydrogen (secondary N) is 1. The van der Waals surface area contributed by atoms with Crippen LogP contribution in [0.2, 0.25) is 0 Å². The van der Waals surface area contributed by atoms with Crippen LogP contribution in [0.25, 0.3) is 0 Å². The van der Waals surface area contributed by atoms with Crippen molar-refractivity contribution < 1.29 is 4.79 Å². The zero-order chi connectivity index (χ0) is 13.3. The quantitative estimate of drug-likeness (QED) is 0.629. The highest BCUT2D eigenvalue weighted by molar-refractivity contribution is 5.78. The second-order valence-electron chi connectivity index (χ2n) is 5.05. The number of hydrogen-bond acceptors (Lipinski definition) is 2. The minimum atomic E-state index is 0.195. The van der Waals surface area contributed by atoms with Crippen LogP contribution in [0.15, 0.2) is 36.5 Å². The molecule has 3 nitrogen and oxygen atoms in total. The number of rotatable bonds is 6. The number of aromatic nitrogens is 1. The number of hydrogen-bond donors (Lipinski definition) is 1. The first kappa shape index (κ1) is 13.8. The molecule has 102 valence electrons. The fraction of sp³-hybridized carbons (Fsp3) is 0.500. The SMILES string of the molecule is O=C(NCCCCc1ccccn1)[C@@H]1CC=CCC1. The largest absolute Gasteiger partial charge is 0.356 e. The van der Waals surface area contributed by atoms with Gasteiger partial charge in [0.05, 0.1) is 0 Å². The van der Waals surface area contributed by atoms with E-state index in [4.69, 9.17) is 0 Å². The second kappa shape index (κ2) is 7.72. The Hall–Kier alpha value is -1.64. The van der Waals surface area contributed by atoms with Crippen LogP contribution in [0.3, 0.4) is 0 Å². The van der Waals surface area contributed by atoms with E-state index in [1.165, 1.54) is 0 Å². The van der Waals surface area contributed by atoms with Gasteiger partial charge in [-0.1, -0.05) is 18.2 Å². The first-order chi connectivity index (χ1) is 9.36. The minimum absolute atomic E-state index is 0.195. The highest BCUT2D eigenvalue weighted by Crippen LogP contribution is 2.17. The third-order valence-corrected chi connectivity index (χ3v) is 3.52. The maximum atomic E-state index is 11.9. The average Bonchev–Trinajstić information content (AvgIpc) is 2.49. The molecule has 0 saturated heterocycles. The summed E-state index contributed by atoms with van der Waals surface area (Å²) in [6.07, 6.45) is 12.1. The van der Waals surface area contributed by atoms with Crippen molar-refractivity contribution in [2.24, 2.45) is 5.92 Å². The number of aryl methyl sites for hydroxylation is 1. The van der Waals surface area contributed by atoms with Crippen molar-refractivity contribution in [1.82, 2.24) is 10.3 Å². The van der Waals surface area contributed by atoms with Gasteiger partial charge >= 0.3 is 0 Å².